The second-order valence-electron chi connectivity index (χ2n) is 3.65. The lowest BCUT2D eigenvalue weighted by atomic mass is 10.3. The second-order valence-corrected chi connectivity index (χ2v) is 4.65. The number of imidazole rings is 1. The van der Waals surface area contributed by atoms with Gasteiger partial charge in [-0.1, -0.05) is 23.5 Å². The number of aromatic nitrogens is 3. The van der Waals surface area contributed by atoms with Crippen LogP contribution >= 0.6 is 11.3 Å². The third kappa shape index (κ3) is 0.919. The van der Waals surface area contributed by atoms with Crippen LogP contribution < -0.4 is 0 Å². The number of fused-ring (bicyclic) bond motifs is 5. The molecule has 16 heavy (non-hydrogen) atoms. The van der Waals surface area contributed by atoms with Gasteiger partial charge in [0.2, 0.25) is 0 Å². The molecule has 4 rings (SSSR count). The van der Waals surface area contributed by atoms with Gasteiger partial charge in [-0.25, -0.2) is 9.97 Å². The molecule has 4 aromatic rings. The molecule has 0 saturated carbocycles. The molecular formula is C12H7N3S. The first-order chi connectivity index (χ1) is 7.93. The predicted octanol–water partition coefficient (Wildman–Crippen LogP) is 3.10. The molecule has 1 aromatic carbocycles. The highest BCUT2D eigenvalue weighted by Crippen LogP contribution is 2.28. The standard InChI is InChI=1S/C12H7N3S/c1-2-5-9-8(4-1)14-12-15(9)11-10(16-12)6-3-7-13-11/h1-7H. The third-order valence-electron chi connectivity index (χ3n) is 2.69. The van der Waals surface area contributed by atoms with Crippen molar-refractivity contribution in [3.05, 3.63) is 42.6 Å². The molecule has 76 valence electrons. The lowest BCUT2D eigenvalue weighted by molar-refractivity contribution is 1.25. The Morgan fingerprint density at radius 1 is 1.06 bits per heavy atom. The Morgan fingerprint density at radius 3 is 3.00 bits per heavy atom. The minimum absolute atomic E-state index is 0.996. The molecule has 3 aromatic heterocycles. The average Bonchev–Trinajstić information content (AvgIpc) is 2.83. The van der Waals surface area contributed by atoms with Gasteiger partial charge in [-0.15, -0.1) is 0 Å². The van der Waals surface area contributed by atoms with E-state index in [1.807, 2.05) is 30.5 Å². The monoisotopic (exact) mass is 225 g/mol. The van der Waals surface area contributed by atoms with Crippen molar-refractivity contribution in [1.82, 2.24) is 14.4 Å². The molecule has 0 bridgehead atoms. The number of hydrogen-bond acceptors (Lipinski definition) is 3. The largest absolute Gasteiger partial charge is 0.267 e. The van der Waals surface area contributed by atoms with Crippen LogP contribution in [0.4, 0.5) is 0 Å². The molecule has 3 nitrogen and oxygen atoms in total. The Kier molecular flexibility index (Phi) is 1.44. The zero-order chi connectivity index (χ0) is 10.5. The van der Waals surface area contributed by atoms with Crippen LogP contribution in [0.1, 0.15) is 0 Å². The normalized spacial score (nSPS) is 11.8. The SMILES string of the molecule is c1ccc2c(c1)nc1sc3cccnc3n12. The third-order valence-corrected chi connectivity index (χ3v) is 3.69. The summed E-state index contributed by atoms with van der Waals surface area (Å²) in [5.74, 6) is 0. The molecule has 0 aliphatic heterocycles. The molecule has 0 spiro atoms. The van der Waals surface area contributed by atoms with Gasteiger partial charge in [0.25, 0.3) is 0 Å². The van der Waals surface area contributed by atoms with E-state index in [1.165, 1.54) is 4.70 Å². The topological polar surface area (TPSA) is 30.2 Å². The summed E-state index contributed by atoms with van der Waals surface area (Å²) in [6.07, 6.45) is 1.82. The number of rotatable bonds is 0. The van der Waals surface area contributed by atoms with Gasteiger partial charge in [-0.05, 0) is 24.3 Å². The van der Waals surface area contributed by atoms with Gasteiger partial charge in [-0.3, -0.25) is 4.40 Å². The number of benzene rings is 1. The molecule has 3 heterocycles. The number of nitrogens with zero attached hydrogens (tertiary/aromatic N) is 3. The summed E-state index contributed by atoms with van der Waals surface area (Å²) >= 11 is 1.68. The van der Waals surface area contributed by atoms with Gasteiger partial charge in [0.1, 0.15) is 0 Å². The van der Waals surface area contributed by atoms with Gasteiger partial charge >= 0.3 is 0 Å². The molecule has 0 atom stereocenters. The number of thiazole rings is 1. The van der Waals surface area contributed by atoms with Crippen molar-refractivity contribution in [2.45, 2.75) is 0 Å². The zero-order valence-electron chi connectivity index (χ0n) is 8.29. The zero-order valence-corrected chi connectivity index (χ0v) is 9.11. The van der Waals surface area contributed by atoms with Crippen LogP contribution in [-0.4, -0.2) is 14.4 Å². The van der Waals surface area contributed by atoms with Crippen molar-refractivity contribution < 1.29 is 0 Å². The van der Waals surface area contributed by atoms with Crippen LogP contribution in [0.5, 0.6) is 0 Å². The Labute approximate surface area is 95.0 Å². The van der Waals surface area contributed by atoms with Crippen molar-refractivity contribution in [3.63, 3.8) is 0 Å². The summed E-state index contributed by atoms with van der Waals surface area (Å²) in [6.45, 7) is 0. The van der Waals surface area contributed by atoms with Gasteiger partial charge in [0.05, 0.1) is 15.7 Å². The smallest absolute Gasteiger partial charge is 0.197 e. The van der Waals surface area contributed by atoms with E-state index < -0.39 is 0 Å². The summed E-state index contributed by atoms with van der Waals surface area (Å²) in [7, 11) is 0. The first kappa shape index (κ1) is 8.24. The maximum absolute atomic E-state index is 4.59. The number of hydrogen-bond donors (Lipinski definition) is 0. The highest BCUT2D eigenvalue weighted by molar-refractivity contribution is 7.23. The van der Waals surface area contributed by atoms with Gasteiger partial charge in [-0.2, -0.15) is 0 Å². The molecule has 0 unspecified atom stereocenters. The maximum atomic E-state index is 4.59. The summed E-state index contributed by atoms with van der Waals surface area (Å²) in [4.78, 5) is 10.0. The Hall–Kier alpha value is -1.94. The van der Waals surface area contributed by atoms with Crippen LogP contribution in [0.2, 0.25) is 0 Å². The second kappa shape index (κ2) is 2.80. The van der Waals surface area contributed by atoms with Gasteiger partial charge in [0, 0.05) is 6.20 Å². The Bertz CT molecular complexity index is 747. The van der Waals surface area contributed by atoms with Crippen LogP contribution in [0, 0.1) is 0 Å². The molecule has 0 amide bonds. The van der Waals surface area contributed by atoms with Crippen molar-refractivity contribution >= 4 is 37.7 Å². The fourth-order valence-corrected chi connectivity index (χ4v) is 3.00. The molecule has 4 heteroatoms. The molecule has 0 radical (unpaired) electrons. The van der Waals surface area contributed by atoms with Crippen molar-refractivity contribution in [1.29, 1.82) is 0 Å². The summed E-state index contributed by atoms with van der Waals surface area (Å²) in [6, 6.07) is 12.2. The fourth-order valence-electron chi connectivity index (χ4n) is 2.01. The number of para-hydroxylation sites is 2. The highest BCUT2D eigenvalue weighted by atomic mass is 32.1. The van der Waals surface area contributed by atoms with Crippen molar-refractivity contribution in [2.24, 2.45) is 0 Å². The molecule has 0 aliphatic rings. The van der Waals surface area contributed by atoms with Crippen LogP contribution in [0.25, 0.3) is 26.3 Å². The molecule has 0 saturated heterocycles. The van der Waals surface area contributed by atoms with Crippen molar-refractivity contribution in [3.8, 4) is 0 Å². The molecular weight excluding hydrogens is 218 g/mol. The predicted molar refractivity (Wildman–Crippen MR) is 65.9 cm³/mol. The van der Waals surface area contributed by atoms with E-state index in [-0.39, 0.29) is 0 Å². The van der Waals surface area contributed by atoms with Gasteiger partial charge in [0.15, 0.2) is 10.6 Å². The lowest BCUT2D eigenvalue weighted by Crippen LogP contribution is -1.82. The van der Waals surface area contributed by atoms with Crippen molar-refractivity contribution in [2.75, 3.05) is 0 Å². The van der Waals surface area contributed by atoms with Crippen LogP contribution in [-0.2, 0) is 0 Å². The van der Waals surface area contributed by atoms with E-state index >= 15 is 0 Å². The Balaban J connectivity index is 2.38. The van der Waals surface area contributed by atoms with Gasteiger partial charge < -0.3 is 0 Å². The highest BCUT2D eigenvalue weighted by Gasteiger charge is 2.10. The first-order valence-electron chi connectivity index (χ1n) is 5.04. The Morgan fingerprint density at radius 2 is 2.00 bits per heavy atom. The summed E-state index contributed by atoms with van der Waals surface area (Å²) in [5.41, 5.74) is 3.15. The average molecular weight is 225 g/mol. The fraction of sp³-hybridized carbons (Fsp3) is 0. The van der Waals surface area contributed by atoms with E-state index in [0.29, 0.717) is 0 Å². The van der Waals surface area contributed by atoms with E-state index in [9.17, 15) is 0 Å². The molecule has 0 fully saturated rings. The van der Waals surface area contributed by atoms with E-state index in [2.05, 4.69) is 26.5 Å². The lowest BCUT2D eigenvalue weighted by Gasteiger charge is -1.91. The van der Waals surface area contributed by atoms with Crippen LogP contribution in [0.15, 0.2) is 42.6 Å². The molecule has 0 N–H and O–H groups in total. The first-order valence-corrected chi connectivity index (χ1v) is 5.86. The maximum Gasteiger partial charge on any atom is 0.197 e. The number of pyridine rings is 1. The van der Waals surface area contributed by atoms with Crippen LogP contribution in [0.3, 0.4) is 0 Å². The minimum Gasteiger partial charge on any atom is -0.267 e. The summed E-state index contributed by atoms with van der Waals surface area (Å²) < 4.78 is 3.30. The minimum atomic E-state index is 0.996. The van der Waals surface area contributed by atoms with E-state index in [4.69, 9.17) is 0 Å². The molecule has 0 aliphatic carbocycles. The summed E-state index contributed by atoms with van der Waals surface area (Å²) in [5, 5.41) is 0. The van der Waals surface area contributed by atoms with E-state index in [1.54, 1.807) is 11.3 Å². The quantitative estimate of drug-likeness (QED) is 0.460. The van der Waals surface area contributed by atoms with E-state index in [0.717, 1.165) is 21.6 Å².